The van der Waals surface area contributed by atoms with Crippen LogP contribution in [0.15, 0.2) is 12.1 Å². The molecule has 0 radical (unpaired) electrons. The van der Waals surface area contributed by atoms with Gasteiger partial charge in [-0.25, -0.2) is 0 Å². The highest BCUT2D eigenvalue weighted by Gasteiger charge is 2.42. The second-order valence-electron chi connectivity index (χ2n) is 5.47. The molecule has 2 aliphatic heterocycles. The molecule has 2 fully saturated rings. The third-order valence-electron chi connectivity index (χ3n) is 3.91. The van der Waals surface area contributed by atoms with Gasteiger partial charge in [-0.05, 0) is 25.1 Å². The van der Waals surface area contributed by atoms with Crippen LogP contribution in [-0.4, -0.2) is 41.3 Å². The van der Waals surface area contributed by atoms with Gasteiger partial charge in [0.2, 0.25) is 0 Å². The summed E-state index contributed by atoms with van der Waals surface area (Å²) < 4.78 is 37.1. The zero-order valence-corrected chi connectivity index (χ0v) is 10.4. The summed E-state index contributed by atoms with van der Waals surface area (Å²) in [4.78, 5) is 2.23. The lowest BCUT2D eigenvalue weighted by Crippen LogP contribution is -2.54. The number of nitrogens with one attached hydrogen (secondary N) is 1. The summed E-state index contributed by atoms with van der Waals surface area (Å²) in [6, 6.07) is 2.42. The first kappa shape index (κ1) is 12.8. The van der Waals surface area contributed by atoms with Gasteiger partial charge in [0.1, 0.15) is 0 Å². The Morgan fingerprint density at radius 1 is 1.26 bits per heavy atom. The van der Waals surface area contributed by atoms with Crippen molar-refractivity contribution in [2.75, 3.05) is 26.2 Å². The molecule has 0 unspecified atom stereocenters. The number of rotatable bonds is 2. The normalized spacial score (nSPS) is 22.7. The van der Waals surface area contributed by atoms with Crippen LogP contribution >= 0.6 is 0 Å². The van der Waals surface area contributed by atoms with E-state index in [2.05, 4.69) is 20.4 Å². The molecule has 1 aromatic rings. The lowest BCUT2D eigenvalue weighted by atomic mass is 9.81. The van der Waals surface area contributed by atoms with E-state index in [-0.39, 0.29) is 0 Å². The van der Waals surface area contributed by atoms with Crippen molar-refractivity contribution in [3.63, 3.8) is 0 Å². The molecule has 0 bridgehead atoms. The van der Waals surface area contributed by atoms with Gasteiger partial charge in [-0.15, -0.1) is 5.10 Å². The van der Waals surface area contributed by atoms with E-state index < -0.39 is 11.9 Å². The molecule has 0 amide bonds. The van der Waals surface area contributed by atoms with Crippen LogP contribution in [0.1, 0.15) is 17.8 Å². The van der Waals surface area contributed by atoms with Crippen LogP contribution in [0.25, 0.3) is 0 Å². The molecular weight excluding hydrogens is 257 g/mol. The zero-order chi connectivity index (χ0) is 13.5. The summed E-state index contributed by atoms with van der Waals surface area (Å²) in [5.74, 6) is 0. The Labute approximate surface area is 109 Å². The Morgan fingerprint density at radius 2 is 2.05 bits per heavy atom. The van der Waals surface area contributed by atoms with Crippen molar-refractivity contribution in [1.82, 2.24) is 20.4 Å². The van der Waals surface area contributed by atoms with E-state index >= 15 is 0 Å². The maximum atomic E-state index is 12.4. The van der Waals surface area contributed by atoms with E-state index in [0.717, 1.165) is 38.7 Å². The number of aromatic nitrogens is 2. The van der Waals surface area contributed by atoms with Gasteiger partial charge in [0, 0.05) is 31.6 Å². The molecule has 0 aromatic carbocycles. The summed E-state index contributed by atoms with van der Waals surface area (Å²) >= 11 is 0. The van der Waals surface area contributed by atoms with Crippen LogP contribution in [0.4, 0.5) is 13.2 Å². The van der Waals surface area contributed by atoms with Crippen LogP contribution in [0.2, 0.25) is 0 Å². The molecule has 3 rings (SSSR count). The maximum absolute atomic E-state index is 12.4. The zero-order valence-electron chi connectivity index (χ0n) is 10.4. The fraction of sp³-hybridized carbons (Fsp3) is 0.667. The molecule has 1 N–H and O–H groups in total. The molecule has 7 heteroatoms. The van der Waals surface area contributed by atoms with Gasteiger partial charge < -0.3 is 5.32 Å². The Morgan fingerprint density at radius 3 is 2.53 bits per heavy atom. The van der Waals surface area contributed by atoms with Crippen molar-refractivity contribution >= 4 is 0 Å². The predicted molar refractivity (Wildman–Crippen MR) is 62.2 cm³/mol. The Kier molecular flexibility index (Phi) is 2.98. The SMILES string of the molecule is FC(F)(F)c1ccc(CN2CCC3(CNC3)C2)nn1. The fourth-order valence-electron chi connectivity index (χ4n) is 2.75. The van der Waals surface area contributed by atoms with Crippen LogP contribution in [-0.2, 0) is 12.7 Å². The quantitative estimate of drug-likeness (QED) is 0.881. The van der Waals surface area contributed by atoms with Crippen molar-refractivity contribution in [3.05, 3.63) is 23.5 Å². The monoisotopic (exact) mass is 272 g/mol. The summed E-state index contributed by atoms with van der Waals surface area (Å²) in [7, 11) is 0. The van der Waals surface area contributed by atoms with E-state index in [0.29, 0.717) is 17.7 Å². The molecule has 1 aromatic heterocycles. The minimum atomic E-state index is -4.42. The van der Waals surface area contributed by atoms with Gasteiger partial charge in [-0.2, -0.15) is 18.3 Å². The summed E-state index contributed by atoms with van der Waals surface area (Å²) in [6.07, 6.45) is -3.27. The standard InChI is InChI=1S/C12H15F3N4/c13-12(14,15)10-2-1-9(17-18-10)5-19-4-3-11(8-19)6-16-7-11/h1-2,16H,3-8H2. The van der Waals surface area contributed by atoms with E-state index in [9.17, 15) is 13.2 Å². The first-order valence-electron chi connectivity index (χ1n) is 6.30. The average molecular weight is 272 g/mol. The maximum Gasteiger partial charge on any atom is 0.435 e. The van der Waals surface area contributed by atoms with Gasteiger partial charge in [0.25, 0.3) is 0 Å². The van der Waals surface area contributed by atoms with Crippen LogP contribution in [0, 0.1) is 5.41 Å². The van der Waals surface area contributed by atoms with Gasteiger partial charge in [-0.1, -0.05) is 0 Å². The highest BCUT2D eigenvalue weighted by atomic mass is 19.4. The second-order valence-corrected chi connectivity index (χ2v) is 5.47. The first-order chi connectivity index (χ1) is 8.97. The first-order valence-corrected chi connectivity index (χ1v) is 6.30. The van der Waals surface area contributed by atoms with Crippen molar-refractivity contribution in [1.29, 1.82) is 0 Å². The smallest absolute Gasteiger partial charge is 0.315 e. The minimum absolute atomic E-state index is 0.388. The van der Waals surface area contributed by atoms with Crippen LogP contribution in [0.3, 0.4) is 0 Å². The molecule has 4 nitrogen and oxygen atoms in total. The van der Waals surface area contributed by atoms with Gasteiger partial charge in [0.05, 0.1) is 5.69 Å². The summed E-state index contributed by atoms with van der Waals surface area (Å²) in [5.41, 5.74) is 0.0500. The van der Waals surface area contributed by atoms with Crippen LogP contribution < -0.4 is 5.32 Å². The van der Waals surface area contributed by atoms with E-state index in [1.165, 1.54) is 6.07 Å². The Balaban J connectivity index is 1.61. The van der Waals surface area contributed by atoms with Gasteiger partial charge >= 0.3 is 6.18 Å². The van der Waals surface area contributed by atoms with Gasteiger partial charge in [-0.3, -0.25) is 4.90 Å². The van der Waals surface area contributed by atoms with Crippen LogP contribution in [0.5, 0.6) is 0 Å². The molecular formula is C12H15F3N4. The molecule has 0 saturated carbocycles. The topological polar surface area (TPSA) is 41.0 Å². The lowest BCUT2D eigenvalue weighted by molar-refractivity contribution is -0.141. The molecule has 3 heterocycles. The number of nitrogens with zero attached hydrogens (tertiary/aromatic N) is 3. The second kappa shape index (κ2) is 4.42. The number of hydrogen-bond donors (Lipinski definition) is 1. The Bertz CT molecular complexity index is 453. The number of alkyl halides is 3. The molecule has 0 atom stereocenters. The highest BCUT2D eigenvalue weighted by molar-refractivity contribution is 5.10. The van der Waals surface area contributed by atoms with Crippen molar-refractivity contribution in [2.45, 2.75) is 19.1 Å². The van der Waals surface area contributed by atoms with Crippen molar-refractivity contribution < 1.29 is 13.2 Å². The summed E-state index contributed by atoms with van der Waals surface area (Å²) in [6.45, 7) is 4.63. The molecule has 1 spiro atoms. The highest BCUT2D eigenvalue weighted by Crippen LogP contribution is 2.34. The number of halogens is 3. The number of likely N-dealkylation sites (tertiary alicyclic amines) is 1. The molecule has 2 saturated heterocycles. The van der Waals surface area contributed by atoms with Crippen molar-refractivity contribution in [3.8, 4) is 0 Å². The molecule has 0 aliphatic carbocycles. The predicted octanol–water partition coefficient (Wildman–Crippen LogP) is 1.29. The fourth-order valence-corrected chi connectivity index (χ4v) is 2.75. The number of hydrogen-bond acceptors (Lipinski definition) is 4. The molecule has 19 heavy (non-hydrogen) atoms. The Hall–Kier alpha value is -1.21. The largest absolute Gasteiger partial charge is 0.435 e. The average Bonchev–Trinajstić information content (AvgIpc) is 2.73. The van der Waals surface area contributed by atoms with Gasteiger partial charge in [0.15, 0.2) is 5.69 Å². The third-order valence-corrected chi connectivity index (χ3v) is 3.91. The molecule has 2 aliphatic rings. The van der Waals surface area contributed by atoms with Crippen molar-refractivity contribution in [2.24, 2.45) is 5.41 Å². The van der Waals surface area contributed by atoms with E-state index in [1.807, 2.05) is 0 Å². The minimum Gasteiger partial charge on any atom is -0.315 e. The summed E-state index contributed by atoms with van der Waals surface area (Å²) in [5, 5.41) is 10.2. The van der Waals surface area contributed by atoms with E-state index in [4.69, 9.17) is 0 Å². The lowest BCUT2D eigenvalue weighted by Gasteiger charge is -2.39. The van der Waals surface area contributed by atoms with E-state index in [1.54, 1.807) is 0 Å². The third kappa shape index (κ3) is 2.57. The molecule has 104 valence electrons.